The van der Waals surface area contributed by atoms with E-state index in [4.69, 9.17) is 4.74 Å². The topological polar surface area (TPSA) is 92.8 Å². The van der Waals surface area contributed by atoms with Crippen LogP contribution in [-0.2, 0) is 20.0 Å². The number of nitrogens with one attached hydrogen (secondary N) is 1. The lowest BCUT2D eigenvalue weighted by atomic mass is 10.3. The van der Waals surface area contributed by atoms with Crippen LogP contribution in [-0.4, -0.2) is 40.8 Å². The largest absolute Gasteiger partial charge is 0.492 e. The van der Waals surface area contributed by atoms with E-state index in [1.807, 2.05) is 0 Å². The molecule has 2 aromatic rings. The van der Waals surface area contributed by atoms with Gasteiger partial charge in [0.05, 0.1) is 17.2 Å². The van der Waals surface area contributed by atoms with E-state index < -0.39 is 20.0 Å². The van der Waals surface area contributed by atoms with Gasteiger partial charge < -0.3 is 4.74 Å². The van der Waals surface area contributed by atoms with E-state index in [1.165, 1.54) is 28.6 Å². The molecule has 0 amide bonds. The number of rotatable bonds is 9. The van der Waals surface area contributed by atoms with Gasteiger partial charge in [-0.2, -0.15) is 4.31 Å². The Morgan fingerprint density at radius 3 is 2.31 bits per heavy atom. The van der Waals surface area contributed by atoms with E-state index >= 15 is 0 Å². The van der Waals surface area contributed by atoms with Crippen molar-refractivity contribution in [2.24, 2.45) is 0 Å². The number of hydrogen-bond donors (Lipinski definition) is 1. The molecule has 1 aromatic carbocycles. The Morgan fingerprint density at radius 1 is 1.08 bits per heavy atom. The van der Waals surface area contributed by atoms with E-state index in [9.17, 15) is 16.8 Å². The molecule has 0 aliphatic carbocycles. The van der Waals surface area contributed by atoms with E-state index in [1.54, 1.807) is 32.2 Å². The van der Waals surface area contributed by atoms with Crippen molar-refractivity contribution in [2.45, 2.75) is 29.9 Å². The molecule has 0 saturated carbocycles. The molecule has 0 spiro atoms. The van der Waals surface area contributed by atoms with Gasteiger partial charge in [0, 0.05) is 13.1 Å². The maximum Gasteiger partial charge on any atom is 0.271 e. The fraction of sp³-hybridized carbons (Fsp3) is 0.375. The minimum atomic E-state index is -3.82. The summed E-state index contributed by atoms with van der Waals surface area (Å²) in [5.41, 5.74) is 0.0912. The number of hydrogen-bond acceptors (Lipinski definition) is 6. The fourth-order valence-corrected chi connectivity index (χ4v) is 5.89. The van der Waals surface area contributed by atoms with E-state index in [2.05, 4.69) is 4.72 Å². The Labute approximate surface area is 158 Å². The van der Waals surface area contributed by atoms with Crippen molar-refractivity contribution in [3.63, 3.8) is 0 Å². The van der Waals surface area contributed by atoms with Crippen LogP contribution in [0.1, 0.15) is 20.8 Å². The third kappa shape index (κ3) is 4.37. The molecule has 0 radical (unpaired) electrons. The van der Waals surface area contributed by atoms with Gasteiger partial charge in [-0.05, 0) is 36.6 Å². The summed E-state index contributed by atoms with van der Waals surface area (Å²) in [6, 6.07) is 7.28. The smallest absolute Gasteiger partial charge is 0.271 e. The maximum atomic E-state index is 12.7. The van der Waals surface area contributed by atoms with Gasteiger partial charge in [0.2, 0.25) is 10.0 Å². The summed E-state index contributed by atoms with van der Waals surface area (Å²) in [6.07, 6.45) is 0. The maximum absolute atomic E-state index is 12.7. The quantitative estimate of drug-likeness (QED) is 0.676. The zero-order valence-corrected chi connectivity index (χ0v) is 17.2. The van der Waals surface area contributed by atoms with Crippen LogP contribution < -0.4 is 9.46 Å². The number of ether oxygens (including phenoxy) is 1. The molecule has 2 rings (SSSR count). The average molecular weight is 419 g/mol. The number of thiophene rings is 1. The Bertz CT molecular complexity index is 934. The molecule has 0 aliphatic rings. The van der Waals surface area contributed by atoms with Crippen LogP contribution in [0.25, 0.3) is 0 Å². The lowest BCUT2D eigenvalue weighted by molar-refractivity contribution is 0.341. The number of sulfonamides is 2. The summed E-state index contributed by atoms with van der Waals surface area (Å²) in [5, 5.41) is 1.65. The monoisotopic (exact) mass is 418 g/mol. The summed E-state index contributed by atoms with van der Waals surface area (Å²) in [4.78, 5) is 0.00790. The number of nitrogens with zero attached hydrogens (tertiary/aromatic N) is 1. The molecule has 7 nitrogen and oxygen atoms in total. The molecule has 10 heteroatoms. The first-order chi connectivity index (χ1) is 12.3. The molecule has 144 valence electrons. The van der Waals surface area contributed by atoms with Gasteiger partial charge in [-0.1, -0.05) is 19.9 Å². The minimum absolute atomic E-state index is 0.00790. The van der Waals surface area contributed by atoms with Crippen LogP contribution in [0.2, 0.25) is 0 Å². The number of benzene rings is 1. The van der Waals surface area contributed by atoms with E-state index in [-0.39, 0.29) is 20.5 Å². The highest BCUT2D eigenvalue weighted by atomic mass is 32.2. The Morgan fingerprint density at radius 2 is 1.77 bits per heavy atom. The third-order valence-corrected chi connectivity index (χ3v) is 8.41. The van der Waals surface area contributed by atoms with Crippen molar-refractivity contribution in [2.75, 3.05) is 24.4 Å². The molecule has 0 fully saturated rings. The Kier molecular flexibility index (Phi) is 6.67. The van der Waals surface area contributed by atoms with Crippen molar-refractivity contribution >= 4 is 37.1 Å². The van der Waals surface area contributed by atoms with Gasteiger partial charge in [-0.3, -0.25) is 4.72 Å². The normalized spacial score (nSPS) is 12.3. The summed E-state index contributed by atoms with van der Waals surface area (Å²) in [6.45, 7) is 6.21. The molecule has 0 aliphatic heterocycles. The molecular formula is C16H22N2O5S3. The van der Waals surface area contributed by atoms with Crippen LogP contribution in [0, 0.1) is 0 Å². The SMILES string of the molecule is CCOc1ccc(S(=O)(=O)N(CC)CC)cc1NS(=O)(=O)c1cccs1. The van der Waals surface area contributed by atoms with Crippen LogP contribution in [0.15, 0.2) is 44.8 Å². The fourth-order valence-electron chi connectivity index (χ4n) is 2.35. The summed E-state index contributed by atoms with van der Waals surface area (Å²) in [7, 11) is -7.54. The molecule has 0 atom stereocenters. The van der Waals surface area contributed by atoms with Crippen LogP contribution in [0.5, 0.6) is 5.75 Å². The van der Waals surface area contributed by atoms with Gasteiger partial charge in [0.1, 0.15) is 9.96 Å². The molecule has 1 heterocycles. The summed E-state index contributed by atoms with van der Waals surface area (Å²) < 4.78 is 59.8. The lowest BCUT2D eigenvalue weighted by Crippen LogP contribution is -2.30. The molecule has 26 heavy (non-hydrogen) atoms. The molecule has 0 bridgehead atoms. The van der Waals surface area contributed by atoms with Gasteiger partial charge in [-0.15, -0.1) is 11.3 Å². The second-order valence-electron chi connectivity index (χ2n) is 5.22. The average Bonchev–Trinajstić information content (AvgIpc) is 3.12. The molecule has 0 unspecified atom stereocenters. The highest BCUT2D eigenvalue weighted by molar-refractivity contribution is 7.94. The Hall–Kier alpha value is -1.62. The third-order valence-electron chi connectivity index (χ3n) is 3.60. The standard InChI is InChI=1S/C16H22N2O5S3/c1-4-18(5-2)26(21,22)13-9-10-15(23-6-3)14(12-13)17-25(19,20)16-8-7-11-24-16/h7-12,17H,4-6H2,1-3H3. The molecule has 1 N–H and O–H groups in total. The van der Waals surface area contributed by atoms with Gasteiger partial charge >= 0.3 is 0 Å². The van der Waals surface area contributed by atoms with Crippen molar-refractivity contribution in [3.8, 4) is 5.75 Å². The zero-order chi connectivity index (χ0) is 19.4. The highest BCUT2D eigenvalue weighted by Crippen LogP contribution is 2.31. The number of anilines is 1. The van der Waals surface area contributed by atoms with Crippen molar-refractivity contribution < 1.29 is 21.6 Å². The predicted octanol–water partition coefficient (Wildman–Crippen LogP) is 2.98. The summed E-state index contributed by atoms with van der Waals surface area (Å²) >= 11 is 1.07. The molecule has 0 saturated heterocycles. The van der Waals surface area contributed by atoms with E-state index in [0.717, 1.165) is 11.3 Å². The second-order valence-corrected chi connectivity index (χ2v) is 10.0. The zero-order valence-electron chi connectivity index (χ0n) is 14.8. The predicted molar refractivity (Wildman–Crippen MR) is 103 cm³/mol. The van der Waals surface area contributed by atoms with Gasteiger partial charge in [0.15, 0.2) is 0 Å². The second kappa shape index (κ2) is 8.38. The Balaban J connectivity index is 2.50. The van der Waals surface area contributed by atoms with Crippen molar-refractivity contribution in [1.82, 2.24) is 4.31 Å². The van der Waals surface area contributed by atoms with E-state index in [0.29, 0.717) is 19.7 Å². The summed E-state index contributed by atoms with van der Waals surface area (Å²) in [5.74, 6) is 0.270. The first-order valence-electron chi connectivity index (χ1n) is 8.09. The van der Waals surface area contributed by atoms with Gasteiger partial charge in [-0.25, -0.2) is 16.8 Å². The first kappa shape index (κ1) is 20.7. The lowest BCUT2D eigenvalue weighted by Gasteiger charge is -2.20. The van der Waals surface area contributed by atoms with Crippen molar-refractivity contribution in [1.29, 1.82) is 0 Å². The minimum Gasteiger partial charge on any atom is -0.492 e. The van der Waals surface area contributed by atoms with Crippen molar-refractivity contribution in [3.05, 3.63) is 35.7 Å². The van der Waals surface area contributed by atoms with Crippen LogP contribution in [0.4, 0.5) is 5.69 Å². The molecule has 1 aromatic heterocycles. The van der Waals surface area contributed by atoms with Crippen LogP contribution >= 0.6 is 11.3 Å². The molecular weight excluding hydrogens is 396 g/mol. The van der Waals surface area contributed by atoms with Crippen LogP contribution in [0.3, 0.4) is 0 Å². The van der Waals surface area contributed by atoms with Gasteiger partial charge in [0.25, 0.3) is 10.0 Å². The highest BCUT2D eigenvalue weighted by Gasteiger charge is 2.24. The first-order valence-corrected chi connectivity index (χ1v) is 11.9.